The molecule has 2 aromatic rings. The van der Waals surface area contributed by atoms with E-state index >= 15 is 0 Å². The number of pyridine rings is 1. The molecule has 1 amide bonds. The Morgan fingerprint density at radius 1 is 1.19 bits per heavy atom. The maximum Gasteiger partial charge on any atom is 0.274 e. The third kappa shape index (κ3) is 3.58. The molecule has 110 valence electrons. The fraction of sp³-hybridized carbons (Fsp3) is 0.250. The number of aromatic nitrogens is 1. The summed E-state index contributed by atoms with van der Waals surface area (Å²) in [6, 6.07) is 12.2. The van der Waals surface area contributed by atoms with Crippen molar-refractivity contribution in [3.05, 3.63) is 64.1 Å². The van der Waals surface area contributed by atoms with Crippen molar-refractivity contribution in [2.24, 2.45) is 5.73 Å². The van der Waals surface area contributed by atoms with Gasteiger partial charge >= 0.3 is 0 Å². The van der Waals surface area contributed by atoms with Gasteiger partial charge in [-0.2, -0.15) is 0 Å². The van der Waals surface area contributed by atoms with Gasteiger partial charge in [0.2, 0.25) is 5.56 Å². The van der Waals surface area contributed by atoms with Gasteiger partial charge in [-0.3, -0.25) is 9.59 Å². The van der Waals surface area contributed by atoms with E-state index in [4.69, 9.17) is 5.73 Å². The molecule has 1 heterocycles. The number of para-hydroxylation sites is 1. The highest BCUT2D eigenvalue weighted by molar-refractivity contribution is 6.05. The quantitative estimate of drug-likeness (QED) is 0.877. The first kappa shape index (κ1) is 15.0. The number of nitrogens with zero attached hydrogens (tertiary/aromatic N) is 1. The van der Waals surface area contributed by atoms with Crippen molar-refractivity contribution in [3.63, 3.8) is 0 Å². The summed E-state index contributed by atoms with van der Waals surface area (Å²) < 4.78 is 0. The van der Waals surface area contributed by atoms with Gasteiger partial charge in [0.1, 0.15) is 5.69 Å². The zero-order valence-corrected chi connectivity index (χ0v) is 12.0. The van der Waals surface area contributed by atoms with Gasteiger partial charge in [0, 0.05) is 18.3 Å². The number of hydrogen-bond acceptors (Lipinski definition) is 3. The van der Waals surface area contributed by atoms with Gasteiger partial charge in [-0.05, 0) is 37.6 Å². The molecule has 0 unspecified atom stereocenters. The Kier molecular flexibility index (Phi) is 4.90. The van der Waals surface area contributed by atoms with E-state index in [1.165, 1.54) is 6.07 Å². The normalized spacial score (nSPS) is 10.4. The van der Waals surface area contributed by atoms with Crippen LogP contribution in [0.1, 0.15) is 22.5 Å². The molecule has 3 N–H and O–H groups in total. The largest absolute Gasteiger partial charge is 0.330 e. The van der Waals surface area contributed by atoms with E-state index in [0.29, 0.717) is 19.5 Å². The Morgan fingerprint density at radius 3 is 2.62 bits per heavy atom. The number of H-pyrrole nitrogens is 1. The number of carbonyl (C=O) groups is 1. The molecule has 0 bridgehead atoms. The minimum absolute atomic E-state index is 0.226. The molecule has 5 heteroatoms. The fourth-order valence-electron chi connectivity index (χ4n) is 2.17. The first-order chi connectivity index (χ1) is 10.1. The number of aromatic amines is 1. The molecule has 1 aromatic heterocycles. The van der Waals surface area contributed by atoms with E-state index in [1.807, 2.05) is 31.2 Å². The summed E-state index contributed by atoms with van der Waals surface area (Å²) in [6.45, 7) is 2.96. The summed E-state index contributed by atoms with van der Waals surface area (Å²) in [5.74, 6) is -0.226. The molecule has 0 saturated carbocycles. The number of aryl methyl sites for hydroxylation is 1. The Labute approximate surface area is 123 Å². The van der Waals surface area contributed by atoms with Gasteiger partial charge < -0.3 is 15.6 Å². The molecule has 0 aliphatic carbocycles. The molecular weight excluding hydrogens is 266 g/mol. The molecular formula is C16H19N3O2. The summed E-state index contributed by atoms with van der Waals surface area (Å²) in [6.07, 6.45) is 0.692. The van der Waals surface area contributed by atoms with Crippen LogP contribution in [0.25, 0.3) is 0 Å². The highest BCUT2D eigenvalue weighted by atomic mass is 16.2. The zero-order valence-electron chi connectivity index (χ0n) is 12.0. The van der Waals surface area contributed by atoms with Gasteiger partial charge in [-0.15, -0.1) is 0 Å². The summed E-state index contributed by atoms with van der Waals surface area (Å²) in [4.78, 5) is 28.3. The molecule has 0 radical (unpaired) electrons. The lowest BCUT2D eigenvalue weighted by Crippen LogP contribution is -2.34. The topological polar surface area (TPSA) is 79.2 Å². The standard InChI is InChI=1S/C16H19N3O2/c1-12-6-2-3-8-14(12)19(11-5-10-17)16(21)13-7-4-9-15(20)18-13/h2-4,6-9H,5,10-11,17H2,1H3,(H,18,20). The third-order valence-corrected chi connectivity index (χ3v) is 3.24. The number of anilines is 1. The van der Waals surface area contributed by atoms with Gasteiger partial charge in [-0.25, -0.2) is 0 Å². The average Bonchev–Trinajstić information content (AvgIpc) is 2.49. The molecule has 0 aliphatic heterocycles. The average molecular weight is 285 g/mol. The van der Waals surface area contributed by atoms with Crippen molar-refractivity contribution >= 4 is 11.6 Å². The summed E-state index contributed by atoms with van der Waals surface area (Å²) in [5, 5.41) is 0. The smallest absolute Gasteiger partial charge is 0.274 e. The van der Waals surface area contributed by atoms with Crippen molar-refractivity contribution in [2.45, 2.75) is 13.3 Å². The van der Waals surface area contributed by atoms with E-state index in [9.17, 15) is 9.59 Å². The van der Waals surface area contributed by atoms with Crippen LogP contribution in [0.15, 0.2) is 47.3 Å². The van der Waals surface area contributed by atoms with Crippen LogP contribution in [0.2, 0.25) is 0 Å². The third-order valence-electron chi connectivity index (χ3n) is 3.24. The minimum atomic E-state index is -0.288. The second-order valence-electron chi connectivity index (χ2n) is 4.81. The van der Waals surface area contributed by atoms with Crippen molar-refractivity contribution in [2.75, 3.05) is 18.0 Å². The Morgan fingerprint density at radius 2 is 1.95 bits per heavy atom. The first-order valence-corrected chi connectivity index (χ1v) is 6.90. The van der Waals surface area contributed by atoms with E-state index in [-0.39, 0.29) is 17.2 Å². The maximum absolute atomic E-state index is 12.7. The Hall–Kier alpha value is -2.40. The van der Waals surface area contributed by atoms with E-state index in [0.717, 1.165) is 11.3 Å². The molecule has 2 rings (SSSR count). The lowest BCUT2D eigenvalue weighted by Gasteiger charge is -2.24. The highest BCUT2D eigenvalue weighted by Crippen LogP contribution is 2.21. The lowest BCUT2D eigenvalue weighted by atomic mass is 10.1. The first-order valence-electron chi connectivity index (χ1n) is 6.90. The van der Waals surface area contributed by atoms with Gasteiger partial charge in [0.05, 0.1) is 0 Å². The zero-order chi connectivity index (χ0) is 15.2. The number of nitrogens with two attached hydrogens (primary N) is 1. The molecule has 5 nitrogen and oxygen atoms in total. The van der Waals surface area contributed by atoms with Crippen molar-refractivity contribution in [3.8, 4) is 0 Å². The molecule has 0 spiro atoms. The molecule has 0 atom stereocenters. The van der Waals surface area contributed by atoms with Crippen LogP contribution < -0.4 is 16.2 Å². The monoisotopic (exact) mass is 285 g/mol. The second kappa shape index (κ2) is 6.85. The van der Waals surface area contributed by atoms with Crippen LogP contribution in [0, 0.1) is 6.92 Å². The fourth-order valence-corrected chi connectivity index (χ4v) is 2.17. The van der Waals surface area contributed by atoms with Crippen molar-refractivity contribution in [1.82, 2.24) is 4.98 Å². The molecule has 0 saturated heterocycles. The van der Waals surface area contributed by atoms with Crippen LogP contribution >= 0.6 is 0 Å². The molecule has 21 heavy (non-hydrogen) atoms. The number of carbonyl (C=O) groups excluding carboxylic acids is 1. The number of rotatable bonds is 5. The van der Waals surface area contributed by atoms with Crippen LogP contribution in [0.3, 0.4) is 0 Å². The molecule has 0 aliphatic rings. The highest BCUT2D eigenvalue weighted by Gasteiger charge is 2.19. The van der Waals surface area contributed by atoms with Crippen LogP contribution in [0.5, 0.6) is 0 Å². The van der Waals surface area contributed by atoms with Crippen LogP contribution in [0.4, 0.5) is 5.69 Å². The number of nitrogens with one attached hydrogen (secondary N) is 1. The van der Waals surface area contributed by atoms with Crippen LogP contribution in [-0.2, 0) is 0 Å². The van der Waals surface area contributed by atoms with Gasteiger partial charge in [0.25, 0.3) is 5.91 Å². The summed E-state index contributed by atoms with van der Waals surface area (Å²) >= 11 is 0. The molecule has 0 fully saturated rings. The van der Waals surface area contributed by atoms with Crippen molar-refractivity contribution < 1.29 is 4.79 Å². The van der Waals surface area contributed by atoms with Gasteiger partial charge in [0.15, 0.2) is 0 Å². The van der Waals surface area contributed by atoms with E-state index in [2.05, 4.69) is 4.98 Å². The maximum atomic E-state index is 12.7. The van der Waals surface area contributed by atoms with Crippen LogP contribution in [-0.4, -0.2) is 24.0 Å². The predicted molar refractivity (Wildman–Crippen MR) is 83.6 cm³/mol. The number of hydrogen-bond donors (Lipinski definition) is 2. The van der Waals surface area contributed by atoms with Gasteiger partial charge in [-0.1, -0.05) is 24.3 Å². The number of amides is 1. The van der Waals surface area contributed by atoms with E-state index in [1.54, 1.807) is 17.0 Å². The Bertz CT molecular complexity index is 679. The molecule has 1 aromatic carbocycles. The summed E-state index contributed by atoms with van der Waals surface area (Å²) in [7, 11) is 0. The second-order valence-corrected chi connectivity index (χ2v) is 4.81. The SMILES string of the molecule is Cc1ccccc1N(CCCN)C(=O)c1cccc(=O)[nH]1. The van der Waals surface area contributed by atoms with E-state index < -0.39 is 0 Å². The lowest BCUT2D eigenvalue weighted by molar-refractivity contribution is 0.0981. The van der Waals surface area contributed by atoms with Crippen molar-refractivity contribution in [1.29, 1.82) is 0 Å². The minimum Gasteiger partial charge on any atom is -0.330 e. The summed E-state index contributed by atoms with van der Waals surface area (Å²) in [5.41, 5.74) is 7.39. The predicted octanol–water partition coefficient (Wildman–Crippen LogP) is 1.68. The Balaban J connectivity index is 2.38. The number of benzene rings is 1.